The zero-order valence-corrected chi connectivity index (χ0v) is 10.2. The number of hydrogen-bond acceptors (Lipinski definition) is 4. The fourth-order valence-corrected chi connectivity index (χ4v) is 1.44. The van der Waals surface area contributed by atoms with Gasteiger partial charge in [-0.2, -0.15) is 13.2 Å². The molecule has 0 aliphatic carbocycles. The van der Waals surface area contributed by atoms with Crippen LogP contribution in [0.1, 0.15) is 12.5 Å². The van der Waals surface area contributed by atoms with Crippen molar-refractivity contribution in [3.05, 3.63) is 33.9 Å². The van der Waals surface area contributed by atoms with E-state index < -0.39 is 22.4 Å². The first-order chi connectivity index (χ1) is 8.86. The van der Waals surface area contributed by atoms with Crippen molar-refractivity contribution < 1.29 is 22.8 Å². The van der Waals surface area contributed by atoms with Gasteiger partial charge in [0.15, 0.2) is 0 Å². The smallest absolute Gasteiger partial charge is 0.382 e. The van der Waals surface area contributed by atoms with E-state index in [1.807, 2.05) is 0 Å². The third-order valence-electron chi connectivity index (χ3n) is 2.29. The van der Waals surface area contributed by atoms with Crippen molar-refractivity contribution in [1.82, 2.24) is 0 Å². The molecule has 0 heterocycles. The molecule has 0 radical (unpaired) electrons. The van der Waals surface area contributed by atoms with Crippen LogP contribution in [-0.2, 0) is 10.9 Å². The highest BCUT2D eigenvalue weighted by Crippen LogP contribution is 2.36. The summed E-state index contributed by atoms with van der Waals surface area (Å²) < 4.78 is 43.3. The summed E-state index contributed by atoms with van der Waals surface area (Å²) in [6.45, 7) is 2.68. The van der Waals surface area contributed by atoms with Crippen molar-refractivity contribution >= 4 is 11.4 Å². The number of hydrogen-bond donors (Lipinski definition) is 1. The summed E-state index contributed by atoms with van der Waals surface area (Å²) in [7, 11) is 0. The second-order valence-electron chi connectivity index (χ2n) is 3.61. The molecule has 0 aromatic heterocycles. The monoisotopic (exact) mass is 278 g/mol. The Labute approximate surface area is 107 Å². The Bertz CT molecular complexity index is 449. The summed E-state index contributed by atoms with van der Waals surface area (Å²) in [5.41, 5.74) is -1.85. The van der Waals surface area contributed by atoms with E-state index in [1.165, 1.54) is 0 Å². The van der Waals surface area contributed by atoms with Crippen LogP contribution in [-0.4, -0.2) is 24.7 Å². The van der Waals surface area contributed by atoms with E-state index >= 15 is 0 Å². The van der Waals surface area contributed by atoms with Gasteiger partial charge in [0.05, 0.1) is 17.1 Å². The van der Waals surface area contributed by atoms with E-state index in [1.54, 1.807) is 6.92 Å². The highest BCUT2D eigenvalue weighted by molar-refractivity contribution is 5.57. The molecular weight excluding hydrogens is 265 g/mol. The van der Waals surface area contributed by atoms with Crippen LogP contribution in [0.5, 0.6) is 0 Å². The number of nitro groups is 1. The SMILES string of the molecule is CCOCCNc1ccc([N+](=O)[O-])cc1C(F)(F)F. The Kier molecular flexibility index (Phi) is 5.11. The zero-order chi connectivity index (χ0) is 14.5. The average molecular weight is 278 g/mol. The standard InChI is InChI=1S/C11H13F3N2O3/c1-2-19-6-5-15-10-4-3-8(16(17)18)7-9(10)11(12,13)14/h3-4,7,15H,2,5-6H2,1H3. The summed E-state index contributed by atoms with van der Waals surface area (Å²) in [4.78, 5) is 9.63. The van der Waals surface area contributed by atoms with Gasteiger partial charge in [-0.3, -0.25) is 10.1 Å². The van der Waals surface area contributed by atoms with Crippen LogP contribution in [0.2, 0.25) is 0 Å². The van der Waals surface area contributed by atoms with Crippen LogP contribution in [0, 0.1) is 10.1 Å². The minimum atomic E-state index is -4.65. The number of non-ortho nitro benzene ring substituents is 1. The number of halogens is 3. The van der Waals surface area contributed by atoms with Gasteiger partial charge < -0.3 is 10.1 Å². The van der Waals surface area contributed by atoms with Crippen LogP contribution in [0.4, 0.5) is 24.5 Å². The van der Waals surface area contributed by atoms with Crippen molar-refractivity contribution in [2.75, 3.05) is 25.1 Å². The predicted molar refractivity (Wildman–Crippen MR) is 63.1 cm³/mol. The lowest BCUT2D eigenvalue weighted by Gasteiger charge is -2.14. The van der Waals surface area contributed by atoms with Crippen molar-refractivity contribution in [3.8, 4) is 0 Å². The second kappa shape index (κ2) is 6.37. The third kappa shape index (κ3) is 4.40. The Balaban J connectivity index is 2.93. The van der Waals surface area contributed by atoms with E-state index in [0.717, 1.165) is 12.1 Å². The highest BCUT2D eigenvalue weighted by Gasteiger charge is 2.35. The van der Waals surface area contributed by atoms with Crippen molar-refractivity contribution in [3.63, 3.8) is 0 Å². The molecule has 1 aromatic carbocycles. The van der Waals surface area contributed by atoms with E-state index in [0.29, 0.717) is 12.7 Å². The third-order valence-corrected chi connectivity index (χ3v) is 2.29. The summed E-state index contributed by atoms with van der Waals surface area (Å²) in [5.74, 6) is 0. The first kappa shape index (κ1) is 15.2. The molecule has 0 aliphatic rings. The number of ether oxygens (including phenoxy) is 1. The molecule has 0 amide bonds. The van der Waals surface area contributed by atoms with Crippen LogP contribution >= 0.6 is 0 Å². The number of anilines is 1. The van der Waals surface area contributed by atoms with E-state index in [2.05, 4.69) is 5.32 Å². The topological polar surface area (TPSA) is 64.4 Å². The minimum absolute atomic E-state index is 0.189. The summed E-state index contributed by atoms with van der Waals surface area (Å²) >= 11 is 0. The number of nitrogens with zero attached hydrogens (tertiary/aromatic N) is 1. The first-order valence-electron chi connectivity index (χ1n) is 5.53. The maximum atomic E-state index is 12.8. The molecule has 0 fully saturated rings. The first-order valence-corrected chi connectivity index (χ1v) is 5.53. The molecule has 5 nitrogen and oxygen atoms in total. The number of nitrogens with one attached hydrogen (secondary N) is 1. The molecule has 0 spiro atoms. The Morgan fingerprint density at radius 1 is 1.42 bits per heavy atom. The lowest BCUT2D eigenvalue weighted by molar-refractivity contribution is -0.385. The maximum absolute atomic E-state index is 12.8. The molecule has 8 heteroatoms. The Morgan fingerprint density at radius 2 is 2.11 bits per heavy atom. The van der Waals surface area contributed by atoms with Crippen LogP contribution in [0.15, 0.2) is 18.2 Å². The molecule has 0 unspecified atom stereocenters. The molecule has 1 aromatic rings. The molecule has 0 aliphatic heterocycles. The van der Waals surface area contributed by atoms with Gasteiger partial charge in [-0.25, -0.2) is 0 Å². The summed E-state index contributed by atoms with van der Waals surface area (Å²) in [5, 5.41) is 13.0. The van der Waals surface area contributed by atoms with E-state index in [9.17, 15) is 23.3 Å². The molecule has 1 rings (SSSR count). The number of nitro benzene ring substituents is 1. The summed E-state index contributed by atoms with van der Waals surface area (Å²) in [6, 6.07) is 2.59. The average Bonchev–Trinajstić information content (AvgIpc) is 2.33. The van der Waals surface area contributed by atoms with Crippen molar-refractivity contribution in [2.45, 2.75) is 13.1 Å². The molecular formula is C11H13F3N2O3. The molecule has 19 heavy (non-hydrogen) atoms. The van der Waals surface area contributed by atoms with E-state index in [-0.39, 0.29) is 18.8 Å². The second-order valence-corrected chi connectivity index (χ2v) is 3.61. The molecule has 1 N–H and O–H groups in total. The molecule has 0 atom stereocenters. The number of rotatable bonds is 6. The van der Waals surface area contributed by atoms with Gasteiger partial charge in [-0.1, -0.05) is 0 Å². The van der Waals surface area contributed by atoms with Crippen molar-refractivity contribution in [2.24, 2.45) is 0 Å². The molecule has 0 saturated heterocycles. The van der Waals surface area contributed by atoms with Crippen LogP contribution < -0.4 is 5.32 Å². The van der Waals surface area contributed by atoms with Gasteiger partial charge >= 0.3 is 6.18 Å². The Morgan fingerprint density at radius 3 is 2.63 bits per heavy atom. The predicted octanol–water partition coefficient (Wildman–Crippen LogP) is 3.06. The van der Waals surface area contributed by atoms with Gasteiger partial charge in [0.25, 0.3) is 5.69 Å². The van der Waals surface area contributed by atoms with Gasteiger partial charge in [0.1, 0.15) is 0 Å². The van der Waals surface area contributed by atoms with Gasteiger partial charge in [-0.05, 0) is 13.0 Å². The van der Waals surface area contributed by atoms with Gasteiger partial charge in [-0.15, -0.1) is 0 Å². The Hall–Kier alpha value is -1.83. The van der Waals surface area contributed by atoms with Gasteiger partial charge in [0.2, 0.25) is 0 Å². The minimum Gasteiger partial charge on any atom is -0.382 e. The zero-order valence-electron chi connectivity index (χ0n) is 10.2. The normalized spacial score (nSPS) is 11.4. The van der Waals surface area contributed by atoms with Crippen molar-refractivity contribution in [1.29, 1.82) is 0 Å². The van der Waals surface area contributed by atoms with Gasteiger partial charge in [0, 0.05) is 31.0 Å². The lowest BCUT2D eigenvalue weighted by Crippen LogP contribution is -2.14. The fourth-order valence-electron chi connectivity index (χ4n) is 1.44. The highest BCUT2D eigenvalue weighted by atomic mass is 19.4. The number of alkyl halides is 3. The fraction of sp³-hybridized carbons (Fsp3) is 0.455. The lowest BCUT2D eigenvalue weighted by atomic mass is 10.1. The van der Waals surface area contributed by atoms with Crippen LogP contribution in [0.3, 0.4) is 0 Å². The molecule has 0 saturated carbocycles. The number of benzene rings is 1. The largest absolute Gasteiger partial charge is 0.418 e. The van der Waals surface area contributed by atoms with Crippen LogP contribution in [0.25, 0.3) is 0 Å². The van der Waals surface area contributed by atoms with E-state index in [4.69, 9.17) is 4.74 Å². The molecule has 0 bridgehead atoms. The quantitative estimate of drug-likeness (QED) is 0.493. The maximum Gasteiger partial charge on any atom is 0.418 e. The summed E-state index contributed by atoms with van der Waals surface area (Å²) in [6.07, 6.45) is -4.65. The molecule has 106 valence electrons.